The van der Waals surface area contributed by atoms with Crippen LogP contribution in [0.4, 0.5) is 0 Å². The molecule has 3 heteroatoms. The number of nitrogens with one attached hydrogen (secondary N) is 1. The first-order valence-electron chi connectivity index (χ1n) is 4.88. The standard InChI is InChI=1S/C10H20N2O/c1-9(2,3)6-8(13)12-10(7-11)4-5-10/h4-7,11H2,1-3H3,(H,12,13). The van der Waals surface area contributed by atoms with Gasteiger partial charge < -0.3 is 11.1 Å². The van der Waals surface area contributed by atoms with Crippen molar-refractivity contribution < 1.29 is 4.79 Å². The predicted molar refractivity (Wildman–Crippen MR) is 53.2 cm³/mol. The van der Waals surface area contributed by atoms with E-state index in [0.29, 0.717) is 13.0 Å². The highest BCUT2D eigenvalue weighted by molar-refractivity contribution is 5.77. The summed E-state index contributed by atoms with van der Waals surface area (Å²) in [6.07, 6.45) is 2.66. The van der Waals surface area contributed by atoms with Gasteiger partial charge >= 0.3 is 0 Å². The highest BCUT2D eigenvalue weighted by Crippen LogP contribution is 2.34. The molecule has 0 spiro atoms. The lowest BCUT2D eigenvalue weighted by Gasteiger charge is -2.20. The molecule has 0 atom stereocenters. The molecule has 0 aliphatic heterocycles. The van der Waals surface area contributed by atoms with Crippen molar-refractivity contribution in [2.24, 2.45) is 11.1 Å². The van der Waals surface area contributed by atoms with Crippen LogP contribution in [-0.2, 0) is 4.79 Å². The first-order valence-corrected chi connectivity index (χ1v) is 4.88. The van der Waals surface area contributed by atoms with Crippen LogP contribution in [0.3, 0.4) is 0 Å². The number of rotatable bonds is 3. The Morgan fingerprint density at radius 3 is 2.31 bits per heavy atom. The lowest BCUT2D eigenvalue weighted by Crippen LogP contribution is -2.43. The smallest absolute Gasteiger partial charge is 0.220 e. The van der Waals surface area contributed by atoms with E-state index in [9.17, 15) is 4.79 Å². The van der Waals surface area contributed by atoms with Crippen LogP contribution in [0.2, 0.25) is 0 Å². The Morgan fingerprint density at radius 2 is 2.00 bits per heavy atom. The lowest BCUT2D eigenvalue weighted by molar-refractivity contribution is -0.123. The molecule has 1 aliphatic carbocycles. The fourth-order valence-electron chi connectivity index (χ4n) is 1.35. The van der Waals surface area contributed by atoms with Crippen LogP contribution in [-0.4, -0.2) is 18.0 Å². The molecule has 0 bridgehead atoms. The molecule has 0 radical (unpaired) electrons. The Labute approximate surface area is 80.1 Å². The molecule has 0 unspecified atom stereocenters. The summed E-state index contributed by atoms with van der Waals surface area (Å²) in [5, 5.41) is 3.01. The molecular weight excluding hydrogens is 164 g/mol. The Hall–Kier alpha value is -0.570. The maximum atomic E-state index is 11.5. The number of hydrogen-bond acceptors (Lipinski definition) is 2. The minimum Gasteiger partial charge on any atom is -0.349 e. The summed E-state index contributed by atoms with van der Waals surface area (Å²) in [6, 6.07) is 0. The van der Waals surface area contributed by atoms with E-state index in [2.05, 4.69) is 26.1 Å². The van der Waals surface area contributed by atoms with E-state index in [1.165, 1.54) is 0 Å². The summed E-state index contributed by atoms with van der Waals surface area (Å²) in [6.45, 7) is 6.76. The molecule has 1 saturated carbocycles. The zero-order valence-electron chi connectivity index (χ0n) is 8.81. The minimum atomic E-state index is -0.0394. The predicted octanol–water partition coefficient (Wildman–Crippen LogP) is 1.03. The molecule has 0 heterocycles. The van der Waals surface area contributed by atoms with Gasteiger partial charge in [0, 0.05) is 13.0 Å². The van der Waals surface area contributed by atoms with E-state index in [0.717, 1.165) is 12.8 Å². The van der Waals surface area contributed by atoms with E-state index < -0.39 is 0 Å². The van der Waals surface area contributed by atoms with Gasteiger partial charge in [-0.05, 0) is 18.3 Å². The van der Waals surface area contributed by atoms with Gasteiger partial charge in [0.25, 0.3) is 0 Å². The minimum absolute atomic E-state index is 0.0394. The van der Waals surface area contributed by atoms with E-state index in [1.54, 1.807) is 0 Å². The fraction of sp³-hybridized carbons (Fsp3) is 0.900. The van der Waals surface area contributed by atoms with Gasteiger partial charge in [0.2, 0.25) is 5.91 Å². The average molecular weight is 184 g/mol. The summed E-state index contributed by atoms with van der Waals surface area (Å²) in [4.78, 5) is 11.5. The van der Waals surface area contributed by atoms with Crippen molar-refractivity contribution in [2.75, 3.05) is 6.54 Å². The van der Waals surface area contributed by atoms with Crippen LogP contribution in [0.1, 0.15) is 40.0 Å². The van der Waals surface area contributed by atoms with E-state index in [4.69, 9.17) is 5.73 Å². The van der Waals surface area contributed by atoms with Crippen LogP contribution in [0.15, 0.2) is 0 Å². The van der Waals surface area contributed by atoms with Gasteiger partial charge in [-0.25, -0.2) is 0 Å². The van der Waals surface area contributed by atoms with Crippen molar-refractivity contribution >= 4 is 5.91 Å². The average Bonchev–Trinajstić information content (AvgIpc) is 2.65. The number of nitrogens with two attached hydrogens (primary N) is 1. The number of carbonyl (C=O) groups excluding carboxylic acids is 1. The van der Waals surface area contributed by atoms with Crippen LogP contribution in [0.5, 0.6) is 0 Å². The molecule has 0 aromatic rings. The van der Waals surface area contributed by atoms with Gasteiger partial charge in [-0.2, -0.15) is 0 Å². The fourth-order valence-corrected chi connectivity index (χ4v) is 1.35. The summed E-state index contributed by atoms with van der Waals surface area (Å²) < 4.78 is 0. The van der Waals surface area contributed by atoms with Gasteiger partial charge in [-0.15, -0.1) is 0 Å². The van der Waals surface area contributed by atoms with E-state index in [1.807, 2.05) is 0 Å². The molecule has 1 amide bonds. The summed E-state index contributed by atoms with van der Waals surface area (Å²) >= 11 is 0. The number of amides is 1. The largest absolute Gasteiger partial charge is 0.349 e. The summed E-state index contributed by atoms with van der Waals surface area (Å²) in [5.74, 6) is 0.135. The van der Waals surface area contributed by atoms with Gasteiger partial charge in [0.05, 0.1) is 5.54 Å². The third-order valence-electron chi connectivity index (χ3n) is 2.34. The summed E-state index contributed by atoms with van der Waals surface area (Å²) in [7, 11) is 0. The van der Waals surface area contributed by atoms with Crippen molar-refractivity contribution in [1.82, 2.24) is 5.32 Å². The Morgan fingerprint density at radius 1 is 1.46 bits per heavy atom. The van der Waals surface area contributed by atoms with Crippen LogP contribution >= 0.6 is 0 Å². The summed E-state index contributed by atoms with van der Waals surface area (Å²) in [5.41, 5.74) is 5.59. The second-order valence-electron chi connectivity index (χ2n) is 5.27. The Kier molecular flexibility index (Phi) is 2.66. The number of hydrogen-bond donors (Lipinski definition) is 2. The maximum Gasteiger partial charge on any atom is 0.220 e. The molecule has 3 N–H and O–H groups in total. The Bertz CT molecular complexity index is 201. The molecule has 1 rings (SSSR count). The quantitative estimate of drug-likeness (QED) is 0.688. The van der Waals surface area contributed by atoms with Crippen LogP contribution in [0, 0.1) is 5.41 Å². The molecule has 0 aromatic carbocycles. The van der Waals surface area contributed by atoms with Crippen molar-refractivity contribution in [2.45, 2.75) is 45.6 Å². The third-order valence-corrected chi connectivity index (χ3v) is 2.34. The van der Waals surface area contributed by atoms with E-state index >= 15 is 0 Å². The third kappa shape index (κ3) is 3.35. The van der Waals surface area contributed by atoms with Crippen molar-refractivity contribution in [3.8, 4) is 0 Å². The molecule has 0 aromatic heterocycles. The molecule has 1 fully saturated rings. The zero-order chi connectivity index (χ0) is 10.1. The van der Waals surface area contributed by atoms with E-state index in [-0.39, 0.29) is 16.9 Å². The monoisotopic (exact) mass is 184 g/mol. The second-order valence-corrected chi connectivity index (χ2v) is 5.27. The van der Waals surface area contributed by atoms with Crippen LogP contribution in [0.25, 0.3) is 0 Å². The normalized spacial score (nSPS) is 19.7. The second kappa shape index (κ2) is 3.29. The molecule has 0 saturated heterocycles. The SMILES string of the molecule is CC(C)(C)CC(=O)NC1(CN)CC1. The van der Waals surface area contributed by atoms with Crippen molar-refractivity contribution in [1.29, 1.82) is 0 Å². The van der Waals surface area contributed by atoms with Gasteiger partial charge in [0.15, 0.2) is 0 Å². The first kappa shape index (κ1) is 10.5. The van der Waals surface area contributed by atoms with Crippen molar-refractivity contribution in [3.05, 3.63) is 0 Å². The Balaban J connectivity index is 2.34. The molecule has 3 nitrogen and oxygen atoms in total. The molecule has 13 heavy (non-hydrogen) atoms. The van der Waals surface area contributed by atoms with Crippen LogP contribution < -0.4 is 11.1 Å². The highest BCUT2D eigenvalue weighted by Gasteiger charge is 2.42. The van der Waals surface area contributed by atoms with Gasteiger partial charge in [-0.1, -0.05) is 20.8 Å². The number of carbonyl (C=O) groups is 1. The first-order chi connectivity index (χ1) is 5.87. The van der Waals surface area contributed by atoms with Gasteiger partial charge in [-0.3, -0.25) is 4.79 Å². The maximum absolute atomic E-state index is 11.5. The van der Waals surface area contributed by atoms with Crippen molar-refractivity contribution in [3.63, 3.8) is 0 Å². The highest BCUT2D eigenvalue weighted by atomic mass is 16.1. The molecule has 1 aliphatic rings. The lowest BCUT2D eigenvalue weighted by atomic mass is 9.92. The van der Waals surface area contributed by atoms with Gasteiger partial charge in [0.1, 0.15) is 0 Å². The topological polar surface area (TPSA) is 55.1 Å². The molecular formula is C10H20N2O. The zero-order valence-corrected chi connectivity index (χ0v) is 8.81. The molecule has 76 valence electrons.